The Morgan fingerprint density at radius 3 is 2.92 bits per heavy atom. The summed E-state index contributed by atoms with van der Waals surface area (Å²) < 4.78 is 5.20. The van der Waals surface area contributed by atoms with Crippen molar-refractivity contribution in [2.45, 2.75) is 37.4 Å². The van der Waals surface area contributed by atoms with E-state index in [1.54, 1.807) is 0 Å². The van der Waals surface area contributed by atoms with Crippen molar-refractivity contribution in [3.05, 3.63) is 41.5 Å². The smallest absolute Gasteiger partial charge is 0.329 e. The third-order valence-corrected chi connectivity index (χ3v) is 6.82. The summed E-state index contributed by atoms with van der Waals surface area (Å²) >= 11 is 0. The van der Waals surface area contributed by atoms with Crippen LogP contribution in [0.15, 0.2) is 35.9 Å². The van der Waals surface area contributed by atoms with Crippen LogP contribution < -0.4 is 4.90 Å². The number of nitrogens with zero attached hydrogens (tertiary/aromatic N) is 2. The molecule has 1 spiro atoms. The Labute approximate surface area is 147 Å². The fourth-order valence-electron chi connectivity index (χ4n) is 5.80. The van der Waals surface area contributed by atoms with Gasteiger partial charge in [0, 0.05) is 36.3 Å². The molecule has 4 heterocycles. The lowest BCUT2D eigenvalue weighted by atomic mass is 9.69. The number of carbonyl (C=O) groups excluding carboxylic acids is 2. The number of carbonyl (C=O) groups is 2. The first-order valence-corrected chi connectivity index (χ1v) is 9.03. The normalized spacial score (nSPS) is 37.2. The minimum absolute atomic E-state index is 0.115. The Bertz CT molecular complexity index is 817. The van der Waals surface area contributed by atoms with E-state index in [4.69, 9.17) is 4.74 Å². The highest BCUT2D eigenvalue weighted by atomic mass is 16.5. The van der Waals surface area contributed by atoms with Gasteiger partial charge in [0.15, 0.2) is 5.78 Å². The standard InChI is InChI=1S/C20H22N2O3/c1-3-12-11-21-9-8-20-16(21)10-14(12)17(19(24)25-2)22(20)15-7-5-4-6-13(15)18(20)23/h3-7,14,16-17H,8-11H2,1-2H3/b12-3+/t14-,16-,17-,20-/m0/s1. The van der Waals surface area contributed by atoms with Gasteiger partial charge in [-0.15, -0.1) is 0 Å². The first-order chi connectivity index (χ1) is 12.1. The molecule has 0 amide bonds. The van der Waals surface area contributed by atoms with Crippen molar-refractivity contribution in [1.29, 1.82) is 0 Å². The van der Waals surface area contributed by atoms with E-state index in [2.05, 4.69) is 15.9 Å². The van der Waals surface area contributed by atoms with Crippen LogP contribution in [0, 0.1) is 5.92 Å². The minimum Gasteiger partial charge on any atom is -0.467 e. The molecule has 5 heteroatoms. The van der Waals surface area contributed by atoms with Crippen LogP contribution in [0.1, 0.15) is 30.1 Å². The largest absolute Gasteiger partial charge is 0.467 e. The van der Waals surface area contributed by atoms with Crippen molar-refractivity contribution in [2.24, 2.45) is 5.92 Å². The van der Waals surface area contributed by atoms with Gasteiger partial charge in [-0.3, -0.25) is 9.69 Å². The maximum absolute atomic E-state index is 13.5. The summed E-state index contributed by atoms with van der Waals surface area (Å²) in [4.78, 5) is 30.9. The van der Waals surface area contributed by atoms with Crippen LogP contribution in [-0.2, 0) is 9.53 Å². The van der Waals surface area contributed by atoms with Crippen LogP contribution in [0.2, 0.25) is 0 Å². The summed E-state index contributed by atoms with van der Waals surface area (Å²) in [5.41, 5.74) is 2.35. The Morgan fingerprint density at radius 2 is 2.16 bits per heavy atom. The Hall–Kier alpha value is -2.14. The maximum Gasteiger partial charge on any atom is 0.329 e. The van der Waals surface area contributed by atoms with Crippen molar-refractivity contribution in [1.82, 2.24) is 4.90 Å². The van der Waals surface area contributed by atoms with Crippen LogP contribution in [-0.4, -0.2) is 54.5 Å². The SMILES string of the molecule is C/C=C1\CN2CC[C@]34C(=O)c5ccccc5N3[C@H](C(=O)OC)[C@H]1C[C@H]24. The maximum atomic E-state index is 13.5. The molecule has 0 aromatic heterocycles. The topological polar surface area (TPSA) is 49.9 Å². The third kappa shape index (κ3) is 1.62. The van der Waals surface area contributed by atoms with E-state index in [1.165, 1.54) is 12.7 Å². The molecule has 130 valence electrons. The average Bonchev–Trinajstić information content (AvgIpc) is 3.16. The zero-order valence-electron chi connectivity index (χ0n) is 14.6. The van der Waals surface area contributed by atoms with Gasteiger partial charge >= 0.3 is 5.97 Å². The molecule has 4 aliphatic rings. The van der Waals surface area contributed by atoms with Gasteiger partial charge in [-0.25, -0.2) is 4.79 Å². The van der Waals surface area contributed by atoms with Gasteiger partial charge in [-0.05, 0) is 31.9 Å². The lowest BCUT2D eigenvalue weighted by molar-refractivity contribution is -0.145. The second-order valence-electron chi connectivity index (χ2n) is 7.55. The molecule has 2 bridgehead atoms. The second-order valence-corrected chi connectivity index (χ2v) is 7.55. The van der Waals surface area contributed by atoms with E-state index >= 15 is 0 Å². The number of anilines is 1. The molecule has 1 aromatic carbocycles. The highest BCUT2D eigenvalue weighted by Gasteiger charge is 2.68. The fraction of sp³-hybridized carbons (Fsp3) is 0.500. The van der Waals surface area contributed by atoms with E-state index in [1.807, 2.05) is 31.2 Å². The fourth-order valence-corrected chi connectivity index (χ4v) is 5.80. The number of rotatable bonds is 1. The van der Waals surface area contributed by atoms with Crippen molar-refractivity contribution in [2.75, 3.05) is 25.1 Å². The Kier molecular flexibility index (Phi) is 2.99. The molecule has 4 atom stereocenters. The van der Waals surface area contributed by atoms with Crippen molar-refractivity contribution >= 4 is 17.4 Å². The number of fused-ring (bicyclic) bond motifs is 3. The lowest BCUT2D eigenvalue weighted by Gasteiger charge is -2.55. The predicted octanol–water partition coefficient (Wildman–Crippen LogP) is 2.02. The number of ketones is 1. The molecule has 0 saturated carbocycles. The highest BCUT2D eigenvalue weighted by molar-refractivity contribution is 6.16. The first-order valence-electron chi connectivity index (χ1n) is 9.03. The molecule has 5 nitrogen and oxygen atoms in total. The molecule has 1 aromatic rings. The number of ether oxygens (including phenoxy) is 1. The number of esters is 1. The summed E-state index contributed by atoms with van der Waals surface area (Å²) in [6.45, 7) is 3.81. The van der Waals surface area contributed by atoms with Gasteiger partial charge in [0.05, 0.1) is 7.11 Å². The van der Waals surface area contributed by atoms with Gasteiger partial charge in [-0.2, -0.15) is 0 Å². The predicted molar refractivity (Wildman–Crippen MR) is 93.6 cm³/mol. The number of allylic oxidation sites excluding steroid dienone is 1. The lowest BCUT2D eigenvalue weighted by Crippen LogP contribution is -2.71. The van der Waals surface area contributed by atoms with E-state index in [-0.39, 0.29) is 23.7 Å². The van der Waals surface area contributed by atoms with E-state index < -0.39 is 11.6 Å². The van der Waals surface area contributed by atoms with Crippen LogP contribution in [0.25, 0.3) is 0 Å². The zero-order chi connectivity index (χ0) is 17.3. The van der Waals surface area contributed by atoms with E-state index in [0.29, 0.717) is 0 Å². The number of benzene rings is 1. The van der Waals surface area contributed by atoms with Gasteiger partial charge in [-0.1, -0.05) is 23.8 Å². The Morgan fingerprint density at radius 1 is 1.36 bits per heavy atom. The molecule has 0 N–H and O–H groups in total. The molecule has 5 rings (SSSR count). The molecule has 3 fully saturated rings. The highest BCUT2D eigenvalue weighted by Crippen LogP contribution is 2.56. The number of para-hydroxylation sites is 1. The van der Waals surface area contributed by atoms with Crippen molar-refractivity contribution in [3.8, 4) is 0 Å². The van der Waals surface area contributed by atoms with Gasteiger partial charge < -0.3 is 9.64 Å². The monoisotopic (exact) mass is 338 g/mol. The van der Waals surface area contributed by atoms with Gasteiger partial charge in [0.1, 0.15) is 11.6 Å². The van der Waals surface area contributed by atoms with Crippen molar-refractivity contribution < 1.29 is 14.3 Å². The number of methoxy groups -OCH3 is 1. The number of piperidine rings is 2. The van der Waals surface area contributed by atoms with E-state index in [0.717, 1.165) is 37.2 Å². The summed E-state index contributed by atoms with van der Waals surface area (Å²) in [5.74, 6) is 0.0720. The molecular weight excluding hydrogens is 316 g/mol. The van der Waals surface area contributed by atoms with Crippen LogP contribution in [0.4, 0.5) is 5.69 Å². The summed E-state index contributed by atoms with van der Waals surface area (Å²) in [6.07, 6.45) is 3.78. The summed E-state index contributed by atoms with van der Waals surface area (Å²) in [7, 11) is 1.45. The molecule has 4 aliphatic heterocycles. The Balaban J connectivity index is 1.77. The molecular formula is C20H22N2O3. The van der Waals surface area contributed by atoms with Crippen LogP contribution in [0.3, 0.4) is 0 Å². The third-order valence-electron chi connectivity index (χ3n) is 6.82. The van der Waals surface area contributed by atoms with Gasteiger partial charge in [0.2, 0.25) is 0 Å². The molecule has 0 unspecified atom stereocenters. The second kappa shape index (κ2) is 4.94. The quantitative estimate of drug-likeness (QED) is 0.579. The molecule has 25 heavy (non-hydrogen) atoms. The number of Topliss-reactive ketones (excluding diaryl/α,β-unsaturated/α-hetero) is 1. The van der Waals surface area contributed by atoms with Crippen LogP contribution >= 0.6 is 0 Å². The summed E-state index contributed by atoms with van der Waals surface area (Å²) in [5, 5.41) is 0. The minimum atomic E-state index is -0.599. The molecule has 0 radical (unpaired) electrons. The summed E-state index contributed by atoms with van der Waals surface area (Å²) in [6, 6.07) is 7.52. The van der Waals surface area contributed by atoms with Crippen LogP contribution in [0.5, 0.6) is 0 Å². The first kappa shape index (κ1) is 15.1. The average molecular weight is 338 g/mol. The van der Waals surface area contributed by atoms with Crippen molar-refractivity contribution in [3.63, 3.8) is 0 Å². The van der Waals surface area contributed by atoms with E-state index in [9.17, 15) is 9.59 Å². The number of hydrogen-bond donors (Lipinski definition) is 0. The zero-order valence-corrected chi connectivity index (χ0v) is 14.6. The molecule has 0 aliphatic carbocycles. The number of hydrogen-bond acceptors (Lipinski definition) is 5. The van der Waals surface area contributed by atoms with Gasteiger partial charge in [0.25, 0.3) is 0 Å². The molecule has 3 saturated heterocycles.